The van der Waals surface area contributed by atoms with E-state index in [1.807, 2.05) is 31.2 Å². The summed E-state index contributed by atoms with van der Waals surface area (Å²) in [5, 5.41) is 9.36. The zero-order valence-corrected chi connectivity index (χ0v) is 11.6. The van der Waals surface area contributed by atoms with Gasteiger partial charge >= 0.3 is 0 Å². The Kier molecular flexibility index (Phi) is 3.76. The van der Waals surface area contributed by atoms with Crippen LogP contribution in [0, 0.1) is 0 Å². The molecule has 2 aromatic carbocycles. The molecule has 0 amide bonds. The predicted molar refractivity (Wildman–Crippen MR) is 79.0 cm³/mol. The van der Waals surface area contributed by atoms with E-state index in [0.717, 1.165) is 17.1 Å². The van der Waals surface area contributed by atoms with Crippen molar-refractivity contribution in [2.75, 3.05) is 20.7 Å². The molecule has 2 aromatic rings. The van der Waals surface area contributed by atoms with Crippen LogP contribution < -0.4 is 9.22 Å². The molecule has 0 aromatic heterocycles. The SMILES string of the molecule is CCOc1ccc([N+](C)(C)c2ccc(O)cc2)cc1. The van der Waals surface area contributed by atoms with Crippen molar-refractivity contribution in [2.45, 2.75) is 6.92 Å². The molecule has 0 aliphatic heterocycles. The maximum Gasteiger partial charge on any atom is 0.137 e. The molecule has 0 bridgehead atoms. The van der Waals surface area contributed by atoms with Gasteiger partial charge in [0.2, 0.25) is 0 Å². The molecule has 0 aliphatic rings. The summed E-state index contributed by atoms with van der Waals surface area (Å²) in [6.45, 7) is 2.65. The van der Waals surface area contributed by atoms with Gasteiger partial charge in [-0.15, -0.1) is 0 Å². The quantitative estimate of drug-likeness (QED) is 0.847. The van der Waals surface area contributed by atoms with Gasteiger partial charge in [0, 0.05) is 24.3 Å². The maximum atomic E-state index is 9.36. The van der Waals surface area contributed by atoms with Crippen molar-refractivity contribution in [3.8, 4) is 11.5 Å². The summed E-state index contributed by atoms with van der Waals surface area (Å²) in [5.41, 5.74) is 2.27. The Hall–Kier alpha value is -2.00. The number of nitrogens with zero attached hydrogens (tertiary/aromatic N) is 1. The fourth-order valence-electron chi connectivity index (χ4n) is 2.06. The molecule has 1 N–H and O–H groups in total. The van der Waals surface area contributed by atoms with E-state index in [-0.39, 0.29) is 5.75 Å². The molecule has 0 heterocycles. The minimum Gasteiger partial charge on any atom is -0.508 e. The highest BCUT2D eigenvalue weighted by atomic mass is 16.5. The van der Waals surface area contributed by atoms with Crippen LogP contribution in [-0.4, -0.2) is 25.8 Å². The van der Waals surface area contributed by atoms with Crippen molar-refractivity contribution < 1.29 is 9.84 Å². The number of phenols is 1. The minimum absolute atomic E-state index is 0.287. The third-order valence-corrected chi connectivity index (χ3v) is 3.29. The van der Waals surface area contributed by atoms with Crippen LogP contribution >= 0.6 is 0 Å². The van der Waals surface area contributed by atoms with Gasteiger partial charge in [-0.2, -0.15) is 0 Å². The van der Waals surface area contributed by atoms with Crippen molar-refractivity contribution in [3.05, 3.63) is 48.5 Å². The average molecular weight is 258 g/mol. The number of ether oxygens (including phenoxy) is 1. The Morgan fingerprint density at radius 1 is 0.895 bits per heavy atom. The van der Waals surface area contributed by atoms with Gasteiger partial charge in [0.25, 0.3) is 0 Å². The Balaban J connectivity index is 2.30. The van der Waals surface area contributed by atoms with E-state index in [9.17, 15) is 5.11 Å². The van der Waals surface area contributed by atoms with Crippen LogP contribution in [0.2, 0.25) is 0 Å². The van der Waals surface area contributed by atoms with Gasteiger partial charge in [-0.25, -0.2) is 0 Å². The molecule has 0 saturated carbocycles. The molecular formula is C16H20NO2+. The van der Waals surface area contributed by atoms with E-state index in [1.165, 1.54) is 0 Å². The van der Waals surface area contributed by atoms with Gasteiger partial charge in [-0.05, 0) is 31.2 Å². The fraction of sp³-hybridized carbons (Fsp3) is 0.250. The molecular weight excluding hydrogens is 238 g/mol. The van der Waals surface area contributed by atoms with Gasteiger partial charge in [0.1, 0.15) is 22.9 Å². The van der Waals surface area contributed by atoms with Crippen LogP contribution in [0.1, 0.15) is 6.92 Å². The summed E-state index contributed by atoms with van der Waals surface area (Å²) in [6, 6.07) is 15.4. The van der Waals surface area contributed by atoms with E-state index in [2.05, 4.69) is 26.2 Å². The van der Waals surface area contributed by atoms with E-state index in [1.54, 1.807) is 12.1 Å². The molecule has 100 valence electrons. The second-order valence-corrected chi connectivity index (χ2v) is 4.90. The molecule has 0 radical (unpaired) electrons. The number of quaternary nitrogens is 1. The lowest BCUT2D eigenvalue weighted by atomic mass is 10.2. The predicted octanol–water partition coefficient (Wildman–Crippen LogP) is 3.69. The largest absolute Gasteiger partial charge is 0.508 e. The monoisotopic (exact) mass is 258 g/mol. The van der Waals surface area contributed by atoms with Crippen LogP contribution in [-0.2, 0) is 0 Å². The first-order chi connectivity index (χ1) is 9.04. The molecule has 0 atom stereocenters. The molecule has 3 nitrogen and oxygen atoms in total. The maximum absolute atomic E-state index is 9.36. The van der Waals surface area contributed by atoms with Crippen molar-refractivity contribution in [1.29, 1.82) is 0 Å². The number of benzene rings is 2. The first-order valence-electron chi connectivity index (χ1n) is 6.41. The lowest BCUT2D eigenvalue weighted by Crippen LogP contribution is -2.34. The summed E-state index contributed by atoms with van der Waals surface area (Å²) in [6.07, 6.45) is 0. The lowest BCUT2D eigenvalue weighted by Gasteiger charge is -2.28. The summed E-state index contributed by atoms with van der Waals surface area (Å²) in [7, 11) is 4.23. The first kappa shape index (κ1) is 13.4. The number of phenolic OH excluding ortho intramolecular Hbond substituents is 1. The topological polar surface area (TPSA) is 29.5 Å². The van der Waals surface area contributed by atoms with Gasteiger partial charge in [0.05, 0.1) is 20.7 Å². The van der Waals surface area contributed by atoms with E-state index in [4.69, 9.17) is 4.74 Å². The second-order valence-electron chi connectivity index (χ2n) is 4.90. The lowest BCUT2D eigenvalue weighted by molar-refractivity contribution is 0.340. The first-order valence-corrected chi connectivity index (χ1v) is 6.41. The third-order valence-electron chi connectivity index (χ3n) is 3.29. The minimum atomic E-state index is 0.287. The summed E-state index contributed by atoms with van der Waals surface area (Å²) in [4.78, 5) is 0. The molecule has 0 unspecified atom stereocenters. The summed E-state index contributed by atoms with van der Waals surface area (Å²) < 4.78 is 6.07. The van der Waals surface area contributed by atoms with Gasteiger partial charge in [-0.3, -0.25) is 4.48 Å². The smallest absolute Gasteiger partial charge is 0.137 e. The third kappa shape index (κ3) is 2.88. The van der Waals surface area contributed by atoms with Crippen molar-refractivity contribution in [2.24, 2.45) is 0 Å². The molecule has 19 heavy (non-hydrogen) atoms. The van der Waals surface area contributed by atoms with Crippen molar-refractivity contribution in [3.63, 3.8) is 0 Å². The molecule has 0 fully saturated rings. The van der Waals surface area contributed by atoms with Crippen LogP contribution in [0.3, 0.4) is 0 Å². The van der Waals surface area contributed by atoms with Crippen LogP contribution in [0.4, 0.5) is 11.4 Å². The number of hydrogen-bond donors (Lipinski definition) is 1. The van der Waals surface area contributed by atoms with Gasteiger partial charge in [0.15, 0.2) is 0 Å². The summed E-state index contributed by atoms with van der Waals surface area (Å²) >= 11 is 0. The standard InChI is InChI=1S/C16H19NO2/c1-4-19-16-11-7-14(8-12-16)17(2,3)13-5-9-15(18)10-6-13/h5-12H,4H2,1-3H3/p+1. The molecule has 0 saturated heterocycles. The molecule has 3 heteroatoms. The van der Waals surface area contributed by atoms with Crippen molar-refractivity contribution in [1.82, 2.24) is 4.48 Å². The van der Waals surface area contributed by atoms with Gasteiger partial charge in [-0.1, -0.05) is 0 Å². The fourth-order valence-corrected chi connectivity index (χ4v) is 2.06. The number of hydrogen-bond acceptors (Lipinski definition) is 2. The zero-order valence-electron chi connectivity index (χ0n) is 11.6. The highest BCUT2D eigenvalue weighted by Gasteiger charge is 2.22. The van der Waals surface area contributed by atoms with Crippen LogP contribution in [0.25, 0.3) is 0 Å². The molecule has 0 spiro atoms. The van der Waals surface area contributed by atoms with E-state index >= 15 is 0 Å². The molecule has 0 aliphatic carbocycles. The highest BCUT2D eigenvalue weighted by molar-refractivity contribution is 5.58. The normalized spacial score (nSPS) is 11.3. The average Bonchev–Trinajstić information content (AvgIpc) is 2.40. The highest BCUT2D eigenvalue weighted by Crippen LogP contribution is 2.32. The Morgan fingerprint density at radius 2 is 1.37 bits per heavy atom. The number of rotatable bonds is 4. The molecule has 2 rings (SSSR count). The second kappa shape index (κ2) is 5.33. The Morgan fingerprint density at radius 3 is 1.84 bits per heavy atom. The number of aromatic hydroxyl groups is 1. The van der Waals surface area contributed by atoms with E-state index in [0.29, 0.717) is 11.1 Å². The van der Waals surface area contributed by atoms with Crippen LogP contribution in [0.15, 0.2) is 48.5 Å². The Bertz CT molecular complexity index is 530. The summed E-state index contributed by atoms with van der Waals surface area (Å²) in [5.74, 6) is 1.17. The van der Waals surface area contributed by atoms with Gasteiger partial charge < -0.3 is 9.84 Å². The Labute approximate surface area is 114 Å². The zero-order chi connectivity index (χ0) is 13.9. The van der Waals surface area contributed by atoms with Crippen molar-refractivity contribution >= 4 is 11.4 Å². The van der Waals surface area contributed by atoms with E-state index < -0.39 is 0 Å². The van der Waals surface area contributed by atoms with Crippen LogP contribution in [0.5, 0.6) is 11.5 Å².